The Balaban J connectivity index is 3.04. The van der Waals surface area contributed by atoms with Crippen LogP contribution in [0.15, 0.2) is 30.8 Å². The molecule has 1 aromatic rings. The van der Waals surface area contributed by atoms with Crippen molar-refractivity contribution < 1.29 is 12.6 Å². The third-order valence-electron chi connectivity index (χ3n) is 1.31. The molecule has 0 radical (unpaired) electrons. The Morgan fingerprint density at radius 1 is 1.33 bits per heavy atom. The fourth-order valence-electron chi connectivity index (χ4n) is 0.813. The first kappa shape index (κ1) is 8.80. The Hall–Kier alpha value is -1.29. The van der Waals surface area contributed by atoms with Gasteiger partial charge >= 0.3 is 0 Å². The zero-order valence-electron chi connectivity index (χ0n) is 6.27. The lowest BCUT2D eigenvalue weighted by molar-refractivity contribution is 0.510. The van der Waals surface area contributed by atoms with Crippen LogP contribution in [0.25, 0.3) is 6.08 Å². The molecular weight excluding hydrogens is 176 g/mol. The Labute approximate surface area is 72.5 Å². The van der Waals surface area contributed by atoms with Crippen LogP contribution in [-0.4, -0.2) is 8.42 Å². The second-order valence-electron chi connectivity index (χ2n) is 2.06. The Morgan fingerprint density at radius 2 is 2.00 bits per heavy atom. The first-order valence-electron chi connectivity index (χ1n) is 3.28. The fraction of sp³-hybridized carbons (Fsp3) is 0. The molecule has 0 amide bonds. The van der Waals surface area contributed by atoms with E-state index in [-0.39, 0.29) is 0 Å². The smallest absolute Gasteiger partial charge is 0.299 e. The quantitative estimate of drug-likeness (QED) is 0.718. The number of thiol groups is 1. The molecule has 1 rings (SSSR count). The van der Waals surface area contributed by atoms with Crippen LogP contribution in [-0.2, 0) is 11.0 Å². The molecule has 0 atom stereocenters. The number of rotatable bonds is 3. The Morgan fingerprint density at radius 3 is 2.58 bits per heavy atom. The van der Waals surface area contributed by atoms with Crippen molar-refractivity contribution in [3.8, 4) is 5.75 Å². The molecule has 3 nitrogen and oxygen atoms in total. The lowest BCUT2D eigenvalue weighted by atomic mass is 10.2. The van der Waals surface area contributed by atoms with Gasteiger partial charge in [0.1, 0.15) is 5.75 Å². The summed E-state index contributed by atoms with van der Waals surface area (Å²) < 4.78 is 25.0. The second kappa shape index (κ2) is 3.92. The molecule has 0 aliphatic rings. The molecule has 12 heavy (non-hydrogen) atoms. The summed E-state index contributed by atoms with van der Waals surface area (Å²) in [6, 6.07) is 6.77. The number of hydrogen-bond acceptors (Lipinski definition) is 3. The van der Waals surface area contributed by atoms with Crippen molar-refractivity contribution >= 4 is 17.1 Å². The maximum absolute atomic E-state index is 10.2. The summed E-state index contributed by atoms with van der Waals surface area (Å²) in [4.78, 5) is 0. The Kier molecular flexibility index (Phi) is 2.88. The molecule has 0 saturated heterocycles. The van der Waals surface area contributed by atoms with Crippen molar-refractivity contribution in [2.45, 2.75) is 0 Å². The van der Waals surface area contributed by atoms with Crippen LogP contribution in [0.1, 0.15) is 5.56 Å². The summed E-state index contributed by atoms with van der Waals surface area (Å²) in [5.41, 5.74) is 0.664. The molecule has 0 aliphatic carbocycles. The van der Waals surface area contributed by atoms with Crippen LogP contribution in [0.5, 0.6) is 5.75 Å². The SMILES string of the molecule is C=Cc1ccccc1O[SH](=O)=O. The first-order chi connectivity index (χ1) is 5.74. The summed E-state index contributed by atoms with van der Waals surface area (Å²) in [6.45, 7) is 3.52. The highest BCUT2D eigenvalue weighted by Gasteiger charge is 1.98. The van der Waals surface area contributed by atoms with Gasteiger partial charge in [-0.15, -0.1) is 0 Å². The van der Waals surface area contributed by atoms with Crippen molar-refractivity contribution in [3.05, 3.63) is 36.4 Å². The number of hydrogen-bond donors (Lipinski definition) is 1. The molecule has 0 fully saturated rings. The van der Waals surface area contributed by atoms with Gasteiger partial charge in [-0.3, -0.25) is 0 Å². The van der Waals surface area contributed by atoms with E-state index in [2.05, 4.69) is 10.8 Å². The van der Waals surface area contributed by atoms with Crippen molar-refractivity contribution in [3.63, 3.8) is 0 Å². The highest BCUT2D eigenvalue weighted by atomic mass is 32.2. The first-order valence-corrected chi connectivity index (χ1v) is 4.37. The number of para-hydroxylation sites is 1. The normalized spacial score (nSPS) is 9.75. The van der Waals surface area contributed by atoms with Gasteiger partial charge in [-0.1, -0.05) is 30.9 Å². The van der Waals surface area contributed by atoms with E-state index in [0.717, 1.165) is 0 Å². The van der Waals surface area contributed by atoms with Gasteiger partial charge < -0.3 is 4.18 Å². The third kappa shape index (κ3) is 2.10. The summed E-state index contributed by atoms with van der Waals surface area (Å²) in [6.07, 6.45) is 1.54. The van der Waals surface area contributed by atoms with E-state index in [1.807, 2.05) is 0 Å². The topological polar surface area (TPSA) is 43.4 Å². The van der Waals surface area contributed by atoms with Gasteiger partial charge in [0.05, 0.1) is 0 Å². The molecule has 1 aromatic carbocycles. The van der Waals surface area contributed by atoms with Gasteiger partial charge in [-0.2, -0.15) is 8.42 Å². The van der Waals surface area contributed by atoms with Crippen molar-refractivity contribution in [2.24, 2.45) is 0 Å². The fourth-order valence-corrected chi connectivity index (χ4v) is 1.14. The van der Waals surface area contributed by atoms with Crippen LogP contribution < -0.4 is 4.18 Å². The maximum Gasteiger partial charge on any atom is 0.299 e. The van der Waals surface area contributed by atoms with Crippen molar-refractivity contribution in [1.29, 1.82) is 0 Å². The van der Waals surface area contributed by atoms with Gasteiger partial charge in [0, 0.05) is 5.56 Å². The summed E-state index contributed by atoms with van der Waals surface area (Å²) in [5.74, 6) is 0.309. The van der Waals surface area contributed by atoms with E-state index in [9.17, 15) is 8.42 Å². The van der Waals surface area contributed by atoms with E-state index >= 15 is 0 Å². The molecule has 0 N–H and O–H groups in total. The lowest BCUT2D eigenvalue weighted by Gasteiger charge is -2.00. The van der Waals surface area contributed by atoms with Gasteiger partial charge in [-0.25, -0.2) is 0 Å². The Bertz CT molecular complexity index is 347. The average Bonchev–Trinajstić information content (AvgIpc) is 2.04. The van der Waals surface area contributed by atoms with Gasteiger partial charge in [0.25, 0.3) is 11.0 Å². The minimum absolute atomic E-state index is 0.309. The molecule has 64 valence electrons. The van der Waals surface area contributed by atoms with Crippen LogP contribution >= 0.6 is 0 Å². The molecule has 4 heteroatoms. The molecule has 0 heterocycles. The van der Waals surface area contributed by atoms with E-state index in [0.29, 0.717) is 11.3 Å². The minimum Gasteiger partial charge on any atom is -0.384 e. The molecule has 0 aliphatic heterocycles. The van der Waals surface area contributed by atoms with Gasteiger partial charge in [-0.05, 0) is 6.07 Å². The largest absolute Gasteiger partial charge is 0.384 e. The van der Waals surface area contributed by atoms with E-state index in [1.54, 1.807) is 24.3 Å². The second-order valence-corrected chi connectivity index (χ2v) is 2.69. The zero-order chi connectivity index (χ0) is 8.97. The summed E-state index contributed by atoms with van der Waals surface area (Å²) >= 11 is 0. The van der Waals surface area contributed by atoms with Gasteiger partial charge in [0.2, 0.25) is 0 Å². The molecule has 0 aromatic heterocycles. The third-order valence-corrected chi connectivity index (χ3v) is 1.66. The number of benzene rings is 1. The summed E-state index contributed by atoms with van der Waals surface area (Å²) in [5, 5.41) is 0. The lowest BCUT2D eigenvalue weighted by Crippen LogP contribution is -1.91. The monoisotopic (exact) mass is 184 g/mol. The maximum atomic E-state index is 10.2. The van der Waals surface area contributed by atoms with Crippen LogP contribution in [0.2, 0.25) is 0 Å². The van der Waals surface area contributed by atoms with Crippen LogP contribution in [0, 0.1) is 0 Å². The predicted molar refractivity (Wildman–Crippen MR) is 47.5 cm³/mol. The molecule has 0 spiro atoms. The molecule has 0 unspecified atom stereocenters. The predicted octanol–water partition coefficient (Wildman–Crippen LogP) is 1.23. The van der Waals surface area contributed by atoms with Crippen LogP contribution in [0.3, 0.4) is 0 Å². The molecular formula is C8H8O3S. The van der Waals surface area contributed by atoms with Crippen molar-refractivity contribution in [1.82, 2.24) is 0 Å². The van der Waals surface area contributed by atoms with E-state index < -0.39 is 11.0 Å². The average molecular weight is 184 g/mol. The van der Waals surface area contributed by atoms with E-state index in [1.165, 1.54) is 6.08 Å². The van der Waals surface area contributed by atoms with Gasteiger partial charge in [0.15, 0.2) is 0 Å². The standard InChI is InChI=1S/C8H8O3S/c1-2-7-5-3-4-6-8(7)11-12(9)10/h2-6,12H,1H2. The zero-order valence-corrected chi connectivity index (χ0v) is 7.16. The van der Waals surface area contributed by atoms with E-state index in [4.69, 9.17) is 0 Å². The molecule has 0 bridgehead atoms. The van der Waals surface area contributed by atoms with Crippen molar-refractivity contribution in [2.75, 3.05) is 0 Å². The highest BCUT2D eigenvalue weighted by molar-refractivity contribution is 7.67. The summed E-state index contributed by atoms with van der Waals surface area (Å²) in [7, 11) is -2.85. The van der Waals surface area contributed by atoms with Crippen LogP contribution in [0.4, 0.5) is 0 Å². The molecule has 0 saturated carbocycles. The highest BCUT2D eigenvalue weighted by Crippen LogP contribution is 2.18. The minimum atomic E-state index is -2.85.